The third-order valence-electron chi connectivity index (χ3n) is 5.56. The van der Waals surface area contributed by atoms with Gasteiger partial charge in [0.25, 0.3) is 0 Å². The van der Waals surface area contributed by atoms with Crippen LogP contribution in [-0.2, 0) is 26.2 Å². The van der Waals surface area contributed by atoms with E-state index in [9.17, 15) is 18.0 Å². The predicted molar refractivity (Wildman–Crippen MR) is 135 cm³/mol. The molecule has 0 aliphatic carbocycles. The molecule has 9 heteroatoms. The zero-order chi connectivity index (χ0) is 24.8. The Morgan fingerprint density at radius 2 is 1.67 bits per heavy atom. The number of rotatable bonds is 10. The third-order valence-corrected chi connectivity index (χ3v) is 7.23. The molecule has 7 nitrogen and oxygen atoms in total. The van der Waals surface area contributed by atoms with Gasteiger partial charge >= 0.3 is 0 Å². The monoisotopic (exact) mass is 537 g/mol. The second kappa shape index (κ2) is 11.7. The Kier molecular flexibility index (Phi) is 9.48. The van der Waals surface area contributed by atoms with Crippen molar-refractivity contribution < 1.29 is 18.0 Å². The van der Waals surface area contributed by atoms with Crippen LogP contribution in [0.4, 0.5) is 5.69 Å². The lowest BCUT2D eigenvalue weighted by molar-refractivity contribution is -0.139. The van der Waals surface area contributed by atoms with Crippen molar-refractivity contribution >= 4 is 43.5 Å². The van der Waals surface area contributed by atoms with E-state index in [0.717, 1.165) is 32.6 Å². The molecule has 2 amide bonds. The maximum Gasteiger partial charge on any atom is 0.244 e. The fourth-order valence-electron chi connectivity index (χ4n) is 3.24. The average Bonchev–Trinajstić information content (AvgIpc) is 2.76. The van der Waals surface area contributed by atoms with Crippen LogP contribution in [0.15, 0.2) is 53.0 Å². The van der Waals surface area contributed by atoms with Crippen molar-refractivity contribution in [2.75, 3.05) is 17.1 Å². The summed E-state index contributed by atoms with van der Waals surface area (Å²) < 4.78 is 26.9. The highest BCUT2D eigenvalue weighted by Crippen LogP contribution is 2.22. The number of nitrogens with zero attached hydrogens (tertiary/aromatic N) is 2. The van der Waals surface area contributed by atoms with E-state index < -0.39 is 28.5 Å². The van der Waals surface area contributed by atoms with Gasteiger partial charge in [-0.1, -0.05) is 47.1 Å². The number of carbonyl (C=O) groups is 2. The number of anilines is 1. The Hall–Kier alpha value is -2.39. The number of hydrogen-bond donors (Lipinski definition) is 1. The number of benzene rings is 2. The first kappa shape index (κ1) is 26.9. The Bertz CT molecular complexity index is 1070. The zero-order valence-corrected chi connectivity index (χ0v) is 22.1. The summed E-state index contributed by atoms with van der Waals surface area (Å²) in [7, 11) is -3.74. The summed E-state index contributed by atoms with van der Waals surface area (Å²) in [6.45, 7) is 7.25. The van der Waals surface area contributed by atoms with E-state index in [2.05, 4.69) is 21.2 Å². The average molecular weight is 539 g/mol. The quantitative estimate of drug-likeness (QED) is 0.498. The van der Waals surface area contributed by atoms with Crippen LogP contribution in [0, 0.1) is 6.92 Å². The van der Waals surface area contributed by atoms with E-state index in [1.807, 2.05) is 45.0 Å². The van der Waals surface area contributed by atoms with Gasteiger partial charge in [-0.05, 0) is 62.6 Å². The number of halogens is 1. The Balaban J connectivity index is 2.39. The summed E-state index contributed by atoms with van der Waals surface area (Å²) in [5.74, 6) is -0.737. The molecule has 0 heterocycles. The number of carbonyl (C=O) groups excluding carboxylic acids is 2. The lowest BCUT2D eigenvalue weighted by atomic mass is 10.1. The minimum Gasteiger partial charge on any atom is -0.352 e. The maximum atomic E-state index is 13.5. The molecule has 0 bridgehead atoms. The number of nitrogens with one attached hydrogen (secondary N) is 1. The van der Waals surface area contributed by atoms with Crippen LogP contribution in [-0.4, -0.2) is 50.0 Å². The Morgan fingerprint density at radius 1 is 1.06 bits per heavy atom. The fourth-order valence-corrected chi connectivity index (χ4v) is 4.35. The van der Waals surface area contributed by atoms with Gasteiger partial charge in [-0.3, -0.25) is 13.9 Å². The molecule has 0 spiro atoms. The second-order valence-corrected chi connectivity index (χ2v) is 11.0. The summed E-state index contributed by atoms with van der Waals surface area (Å²) in [5.41, 5.74) is 2.25. The lowest BCUT2D eigenvalue weighted by Gasteiger charge is -2.32. The van der Waals surface area contributed by atoms with Gasteiger partial charge in [0, 0.05) is 17.1 Å². The Morgan fingerprint density at radius 3 is 2.21 bits per heavy atom. The largest absolute Gasteiger partial charge is 0.352 e. The van der Waals surface area contributed by atoms with Gasteiger partial charge in [-0.15, -0.1) is 0 Å². The van der Waals surface area contributed by atoms with Crippen molar-refractivity contribution in [1.82, 2.24) is 10.2 Å². The van der Waals surface area contributed by atoms with E-state index in [4.69, 9.17) is 0 Å². The fraction of sp³-hybridized carbons (Fsp3) is 0.417. The molecule has 33 heavy (non-hydrogen) atoms. The first-order valence-electron chi connectivity index (χ1n) is 10.8. The topological polar surface area (TPSA) is 86.8 Å². The maximum absolute atomic E-state index is 13.5. The normalized spacial score (nSPS) is 13.2. The molecule has 0 aliphatic rings. The van der Waals surface area contributed by atoms with E-state index in [1.54, 1.807) is 31.2 Å². The smallest absolute Gasteiger partial charge is 0.244 e. The van der Waals surface area contributed by atoms with Gasteiger partial charge in [0.1, 0.15) is 12.6 Å². The summed E-state index contributed by atoms with van der Waals surface area (Å²) in [6.07, 6.45) is 1.82. The lowest BCUT2D eigenvalue weighted by Crippen LogP contribution is -2.52. The summed E-state index contributed by atoms with van der Waals surface area (Å²) in [6, 6.07) is 13.5. The molecule has 2 aromatic carbocycles. The summed E-state index contributed by atoms with van der Waals surface area (Å²) >= 11 is 3.34. The molecule has 0 unspecified atom stereocenters. The molecule has 0 fully saturated rings. The van der Waals surface area contributed by atoms with Gasteiger partial charge < -0.3 is 10.2 Å². The van der Waals surface area contributed by atoms with Gasteiger partial charge in [0.15, 0.2) is 0 Å². The minimum absolute atomic E-state index is 0.0364. The highest BCUT2D eigenvalue weighted by atomic mass is 79.9. The molecule has 0 radical (unpaired) electrons. The van der Waals surface area contributed by atoms with E-state index >= 15 is 0 Å². The highest BCUT2D eigenvalue weighted by Gasteiger charge is 2.30. The molecule has 1 N–H and O–H groups in total. The van der Waals surface area contributed by atoms with Crippen molar-refractivity contribution in [1.29, 1.82) is 0 Å². The molecule has 2 aromatic rings. The Labute approximate surface area is 205 Å². The molecular formula is C24H32BrN3O4S. The van der Waals surface area contributed by atoms with Crippen LogP contribution in [0.5, 0.6) is 0 Å². The van der Waals surface area contributed by atoms with E-state index in [0.29, 0.717) is 5.69 Å². The van der Waals surface area contributed by atoms with Crippen LogP contribution < -0.4 is 9.62 Å². The zero-order valence-electron chi connectivity index (χ0n) is 19.7. The van der Waals surface area contributed by atoms with Crippen molar-refractivity contribution in [3.05, 3.63) is 64.1 Å². The van der Waals surface area contributed by atoms with Crippen LogP contribution in [0.25, 0.3) is 0 Å². The number of hydrogen-bond acceptors (Lipinski definition) is 4. The minimum atomic E-state index is -3.74. The van der Waals surface area contributed by atoms with Crippen molar-refractivity contribution in [2.24, 2.45) is 0 Å². The van der Waals surface area contributed by atoms with Crippen LogP contribution in [0.1, 0.15) is 38.3 Å². The molecule has 2 atom stereocenters. The van der Waals surface area contributed by atoms with Gasteiger partial charge in [-0.25, -0.2) is 8.42 Å². The van der Waals surface area contributed by atoms with Gasteiger partial charge in [-0.2, -0.15) is 0 Å². The van der Waals surface area contributed by atoms with Crippen LogP contribution in [0.3, 0.4) is 0 Å². The number of sulfonamides is 1. The van der Waals surface area contributed by atoms with Crippen LogP contribution >= 0.6 is 15.9 Å². The summed E-state index contributed by atoms with van der Waals surface area (Å²) in [4.78, 5) is 27.8. The summed E-state index contributed by atoms with van der Waals surface area (Å²) in [5, 5.41) is 2.92. The first-order valence-corrected chi connectivity index (χ1v) is 13.5. The number of amides is 2. The molecule has 0 saturated heterocycles. The van der Waals surface area contributed by atoms with Crippen molar-refractivity contribution in [3.63, 3.8) is 0 Å². The second-order valence-electron chi connectivity index (χ2n) is 8.19. The van der Waals surface area contributed by atoms with Gasteiger partial charge in [0.2, 0.25) is 21.8 Å². The molecule has 180 valence electrons. The molecule has 0 aliphatic heterocycles. The van der Waals surface area contributed by atoms with E-state index in [-0.39, 0.29) is 18.5 Å². The van der Waals surface area contributed by atoms with E-state index in [1.165, 1.54) is 4.90 Å². The highest BCUT2D eigenvalue weighted by molar-refractivity contribution is 9.10. The molecule has 0 saturated carbocycles. The predicted octanol–water partition coefficient (Wildman–Crippen LogP) is 3.86. The van der Waals surface area contributed by atoms with Crippen molar-refractivity contribution in [3.8, 4) is 0 Å². The first-order chi connectivity index (χ1) is 15.4. The van der Waals surface area contributed by atoms with Crippen molar-refractivity contribution in [2.45, 2.75) is 52.7 Å². The van der Waals surface area contributed by atoms with Gasteiger partial charge in [0.05, 0.1) is 11.9 Å². The number of aryl methyl sites for hydroxylation is 1. The molecule has 2 rings (SSSR count). The third kappa shape index (κ3) is 7.57. The van der Waals surface area contributed by atoms with Crippen LogP contribution in [0.2, 0.25) is 0 Å². The molecular weight excluding hydrogens is 506 g/mol. The standard InChI is InChI=1S/C24H32BrN3O4S/c1-6-18(3)26-24(30)19(4)27(15-20-10-8-7-9-17(20)2)23(29)16-28(33(5,31)32)22-13-11-21(25)12-14-22/h7-14,18-19H,6,15-16H2,1-5H3,(H,26,30)/t18-,19+/m1/s1. The molecule has 0 aromatic heterocycles. The SMILES string of the molecule is CC[C@@H](C)NC(=O)[C@H](C)N(Cc1ccccc1C)C(=O)CN(c1ccc(Br)cc1)S(C)(=O)=O.